The third-order valence-electron chi connectivity index (χ3n) is 5.07. The zero-order valence-electron chi connectivity index (χ0n) is 15.4. The molecule has 1 fully saturated rings. The Kier molecular flexibility index (Phi) is 5.27. The molecule has 29 heavy (non-hydrogen) atoms. The van der Waals surface area contributed by atoms with Gasteiger partial charge in [-0.3, -0.25) is 4.79 Å². The smallest absolute Gasteiger partial charge is 0.255 e. The highest BCUT2D eigenvalue weighted by Gasteiger charge is 2.20. The number of H-pyrrole nitrogens is 1. The first-order chi connectivity index (χ1) is 13.9. The van der Waals surface area contributed by atoms with Gasteiger partial charge in [0, 0.05) is 12.1 Å². The Balaban J connectivity index is 1.60. The van der Waals surface area contributed by atoms with Crippen LogP contribution in [0, 0.1) is 11.6 Å². The fraction of sp³-hybridized carbons (Fsp3) is 0.300. The van der Waals surface area contributed by atoms with Crippen LogP contribution >= 0.6 is 11.6 Å². The highest BCUT2D eigenvalue weighted by molar-refractivity contribution is 6.33. The monoisotopic (exact) mass is 420 g/mol. The van der Waals surface area contributed by atoms with Crippen LogP contribution in [0.25, 0.3) is 11.0 Å². The molecule has 1 saturated carbocycles. The molecule has 0 atom stereocenters. The number of amides is 1. The molecule has 3 aromatic rings. The maximum Gasteiger partial charge on any atom is 0.255 e. The van der Waals surface area contributed by atoms with Crippen molar-refractivity contribution in [3.05, 3.63) is 46.5 Å². The van der Waals surface area contributed by atoms with Crippen LogP contribution in [-0.4, -0.2) is 27.0 Å². The van der Waals surface area contributed by atoms with Crippen molar-refractivity contribution in [3.8, 4) is 5.75 Å². The van der Waals surface area contributed by atoms with Crippen LogP contribution in [-0.2, 0) is 0 Å². The third-order valence-corrected chi connectivity index (χ3v) is 5.44. The number of aromatic hydroxyl groups is 1. The Labute approximate surface area is 170 Å². The molecular weight excluding hydrogens is 402 g/mol. The summed E-state index contributed by atoms with van der Waals surface area (Å²) < 4.78 is 27.6. The van der Waals surface area contributed by atoms with Crippen LogP contribution < -0.4 is 10.6 Å². The van der Waals surface area contributed by atoms with E-state index in [1.807, 2.05) is 0 Å². The SMILES string of the molecule is O=C(NC1CCCCC1)c1cc2[nH]c(Nc3c(F)ccc(F)c3Cl)nc2cc1O. The number of hydrogen-bond acceptors (Lipinski definition) is 4. The van der Waals surface area contributed by atoms with Gasteiger partial charge in [0.2, 0.25) is 5.95 Å². The number of carbonyl (C=O) groups excluding carboxylic acids is 1. The van der Waals surface area contributed by atoms with Gasteiger partial charge in [-0.05, 0) is 31.0 Å². The number of anilines is 2. The van der Waals surface area contributed by atoms with E-state index in [4.69, 9.17) is 11.6 Å². The molecule has 0 radical (unpaired) electrons. The van der Waals surface area contributed by atoms with Gasteiger partial charge in [0.15, 0.2) is 0 Å². The van der Waals surface area contributed by atoms with Gasteiger partial charge in [0.25, 0.3) is 5.91 Å². The topological polar surface area (TPSA) is 90.0 Å². The lowest BCUT2D eigenvalue weighted by molar-refractivity contribution is 0.0925. The number of aromatic nitrogens is 2. The minimum atomic E-state index is -0.772. The summed E-state index contributed by atoms with van der Waals surface area (Å²) in [5, 5.41) is 15.4. The number of aromatic amines is 1. The highest BCUT2D eigenvalue weighted by Crippen LogP contribution is 2.31. The van der Waals surface area contributed by atoms with Crippen molar-refractivity contribution in [2.45, 2.75) is 38.1 Å². The second kappa shape index (κ2) is 7.87. The van der Waals surface area contributed by atoms with Gasteiger partial charge in [0.1, 0.15) is 22.4 Å². The first-order valence-electron chi connectivity index (χ1n) is 9.36. The van der Waals surface area contributed by atoms with Crippen molar-refractivity contribution >= 4 is 40.2 Å². The van der Waals surface area contributed by atoms with Crippen LogP contribution in [0.2, 0.25) is 5.02 Å². The van der Waals surface area contributed by atoms with E-state index in [2.05, 4.69) is 20.6 Å². The number of rotatable bonds is 4. The van der Waals surface area contributed by atoms with E-state index in [-0.39, 0.29) is 34.9 Å². The number of imidazole rings is 1. The Morgan fingerprint density at radius 2 is 1.90 bits per heavy atom. The lowest BCUT2D eigenvalue weighted by atomic mass is 9.95. The fourth-order valence-electron chi connectivity index (χ4n) is 3.56. The second-order valence-corrected chi connectivity index (χ2v) is 7.50. The zero-order valence-corrected chi connectivity index (χ0v) is 16.1. The van der Waals surface area contributed by atoms with E-state index in [1.165, 1.54) is 18.6 Å². The number of phenolic OH excluding ortho intramolecular Hbond substituents is 1. The molecule has 0 unspecified atom stereocenters. The van der Waals surface area contributed by atoms with Crippen molar-refractivity contribution in [2.75, 3.05) is 5.32 Å². The first kappa shape index (κ1) is 19.4. The fourth-order valence-corrected chi connectivity index (χ4v) is 3.76. The van der Waals surface area contributed by atoms with Crippen molar-refractivity contribution in [2.24, 2.45) is 0 Å². The molecule has 1 aliphatic rings. The molecule has 1 heterocycles. The van der Waals surface area contributed by atoms with E-state index in [0.29, 0.717) is 11.0 Å². The lowest BCUT2D eigenvalue weighted by Gasteiger charge is -2.22. The summed E-state index contributed by atoms with van der Waals surface area (Å²) in [7, 11) is 0. The van der Waals surface area contributed by atoms with Gasteiger partial charge in [-0.1, -0.05) is 30.9 Å². The van der Waals surface area contributed by atoms with E-state index in [9.17, 15) is 18.7 Å². The van der Waals surface area contributed by atoms with E-state index in [1.54, 1.807) is 0 Å². The van der Waals surface area contributed by atoms with Gasteiger partial charge in [0.05, 0.1) is 22.3 Å². The number of nitrogens with zero attached hydrogens (tertiary/aromatic N) is 1. The van der Waals surface area contributed by atoms with E-state index < -0.39 is 16.7 Å². The summed E-state index contributed by atoms with van der Waals surface area (Å²) in [6.07, 6.45) is 5.17. The van der Waals surface area contributed by atoms with Crippen LogP contribution in [0.15, 0.2) is 24.3 Å². The molecule has 0 saturated heterocycles. The lowest BCUT2D eigenvalue weighted by Crippen LogP contribution is -2.36. The number of carbonyl (C=O) groups is 1. The first-order valence-corrected chi connectivity index (χ1v) is 9.74. The number of nitrogens with one attached hydrogen (secondary N) is 3. The summed E-state index contributed by atoms with van der Waals surface area (Å²) in [5.74, 6) is -1.99. The predicted octanol–water partition coefficient (Wildman–Crippen LogP) is 5.01. The molecule has 1 amide bonds. The predicted molar refractivity (Wildman–Crippen MR) is 107 cm³/mol. The van der Waals surface area contributed by atoms with E-state index in [0.717, 1.165) is 37.8 Å². The van der Waals surface area contributed by atoms with Gasteiger partial charge >= 0.3 is 0 Å². The third kappa shape index (κ3) is 3.98. The highest BCUT2D eigenvalue weighted by atomic mass is 35.5. The molecule has 0 spiro atoms. The molecule has 9 heteroatoms. The maximum atomic E-state index is 14.0. The molecule has 1 aromatic heterocycles. The van der Waals surface area contributed by atoms with Crippen LogP contribution in [0.4, 0.5) is 20.4 Å². The number of fused-ring (bicyclic) bond motifs is 1. The van der Waals surface area contributed by atoms with Crippen molar-refractivity contribution in [1.29, 1.82) is 0 Å². The Hall–Kier alpha value is -2.87. The summed E-state index contributed by atoms with van der Waals surface area (Å²) in [6.45, 7) is 0. The number of halogens is 3. The summed E-state index contributed by atoms with van der Waals surface area (Å²) >= 11 is 5.82. The quantitative estimate of drug-likeness (QED) is 0.447. The Morgan fingerprint density at radius 1 is 1.17 bits per heavy atom. The number of phenols is 1. The standard InChI is InChI=1S/C20H19ClF2N4O2/c21-17-12(22)6-7-13(23)18(17)27-20-25-14-8-11(16(28)9-15(14)26-20)19(29)24-10-4-2-1-3-5-10/h6-10,28H,1-5H2,(H,24,29)(H2,25,26,27). The minimum Gasteiger partial charge on any atom is -0.507 e. The largest absolute Gasteiger partial charge is 0.507 e. The summed E-state index contributed by atoms with van der Waals surface area (Å²) in [4.78, 5) is 19.6. The normalized spacial score (nSPS) is 14.9. The van der Waals surface area contributed by atoms with Crippen molar-refractivity contribution < 1.29 is 18.7 Å². The zero-order chi connectivity index (χ0) is 20.5. The Morgan fingerprint density at radius 3 is 2.66 bits per heavy atom. The van der Waals surface area contributed by atoms with Crippen LogP contribution in [0.5, 0.6) is 5.75 Å². The minimum absolute atomic E-state index is 0.0932. The average molecular weight is 421 g/mol. The molecule has 1 aliphatic carbocycles. The molecule has 0 aliphatic heterocycles. The molecule has 6 nitrogen and oxygen atoms in total. The molecule has 152 valence electrons. The molecular formula is C20H19ClF2N4O2. The molecule has 4 N–H and O–H groups in total. The van der Waals surface area contributed by atoms with Crippen LogP contribution in [0.1, 0.15) is 42.5 Å². The van der Waals surface area contributed by atoms with Gasteiger partial charge in [-0.2, -0.15) is 0 Å². The van der Waals surface area contributed by atoms with Gasteiger partial charge < -0.3 is 20.7 Å². The summed E-state index contributed by atoms with van der Waals surface area (Å²) in [6, 6.07) is 4.80. The number of hydrogen-bond donors (Lipinski definition) is 4. The van der Waals surface area contributed by atoms with Gasteiger partial charge in [-0.15, -0.1) is 0 Å². The maximum absolute atomic E-state index is 14.0. The molecule has 2 aromatic carbocycles. The molecule has 4 rings (SSSR count). The number of benzene rings is 2. The average Bonchev–Trinajstić information content (AvgIpc) is 3.09. The van der Waals surface area contributed by atoms with E-state index >= 15 is 0 Å². The Bertz CT molecular complexity index is 1080. The van der Waals surface area contributed by atoms with Crippen molar-refractivity contribution in [3.63, 3.8) is 0 Å². The summed E-state index contributed by atoms with van der Waals surface area (Å²) in [5.41, 5.74) is 0.664. The van der Waals surface area contributed by atoms with Crippen molar-refractivity contribution in [1.82, 2.24) is 15.3 Å². The van der Waals surface area contributed by atoms with Crippen LogP contribution in [0.3, 0.4) is 0 Å². The molecule has 0 bridgehead atoms. The van der Waals surface area contributed by atoms with Gasteiger partial charge in [-0.25, -0.2) is 13.8 Å². The second-order valence-electron chi connectivity index (χ2n) is 7.12.